The minimum Gasteiger partial charge on any atom is -0.492 e. The van der Waals surface area contributed by atoms with Crippen molar-refractivity contribution in [2.75, 3.05) is 23.4 Å². The van der Waals surface area contributed by atoms with Crippen LogP contribution in [0.1, 0.15) is 70.4 Å². The van der Waals surface area contributed by atoms with Crippen molar-refractivity contribution in [3.05, 3.63) is 63.6 Å². The first kappa shape index (κ1) is 32.9. The van der Waals surface area contributed by atoms with E-state index in [1.807, 2.05) is 50.6 Å². The second-order valence-corrected chi connectivity index (χ2v) is 11.7. The normalized spacial score (nSPS) is 14.2. The first-order valence-corrected chi connectivity index (χ1v) is 14.9. The van der Waals surface area contributed by atoms with Crippen LogP contribution in [0.3, 0.4) is 0 Å². The highest BCUT2D eigenvalue weighted by Gasteiger charge is 2.23. The number of anilines is 2. The zero-order chi connectivity index (χ0) is 30.2. The zero-order valence-electron chi connectivity index (χ0n) is 24.9. The van der Waals surface area contributed by atoms with E-state index in [1.165, 1.54) is 13.3 Å². The van der Waals surface area contributed by atoms with E-state index in [0.717, 1.165) is 22.6 Å². The Morgan fingerprint density at radius 2 is 1.88 bits per heavy atom. The summed E-state index contributed by atoms with van der Waals surface area (Å²) in [6.45, 7) is 15.6. The summed E-state index contributed by atoms with van der Waals surface area (Å²) >= 11 is 5.70. The minimum absolute atomic E-state index is 0.178. The standard InChI is InChI=1S/C30H41ClN4O4S/c1-11-13-21-16-25(35(8)27(21)26(12-2)39-19(3)14-15-32-20(4)31)29(36)33-23-17-22(30(5,6)7)18-24(28(23)38-9)34-40(10)37/h13-18,34H,4,11-12H2,1-3,5-10H3,(H,33,36)/b19-14+,21-13-,27-26-,32-15-. The summed E-state index contributed by atoms with van der Waals surface area (Å²) in [6, 6.07) is 5.64. The molecular weight excluding hydrogens is 548 g/mol. The van der Waals surface area contributed by atoms with Crippen LogP contribution in [-0.4, -0.2) is 34.3 Å². The SMILES string of the molecule is C=C(Cl)/N=C\C=C(/C)O/C(CC)=c1/c(=C\CC)cc(C(=O)Nc2cc(C(C)(C)C)cc(NS(C)=O)c2OC)n1C. The summed E-state index contributed by atoms with van der Waals surface area (Å²) in [5.74, 6) is 1.41. The van der Waals surface area contributed by atoms with Crippen LogP contribution >= 0.6 is 11.6 Å². The number of nitrogens with zero attached hydrogens (tertiary/aromatic N) is 2. The second kappa shape index (κ2) is 14.4. The molecule has 218 valence electrons. The third-order valence-electron chi connectivity index (χ3n) is 5.97. The van der Waals surface area contributed by atoms with Crippen molar-refractivity contribution in [2.24, 2.45) is 12.0 Å². The highest BCUT2D eigenvalue weighted by Crippen LogP contribution is 2.39. The van der Waals surface area contributed by atoms with Crippen LogP contribution in [0.4, 0.5) is 11.4 Å². The molecule has 2 rings (SSSR count). The number of hydrogen-bond acceptors (Lipinski definition) is 5. The monoisotopic (exact) mass is 588 g/mol. The van der Waals surface area contributed by atoms with E-state index in [1.54, 1.807) is 12.3 Å². The van der Waals surface area contributed by atoms with Gasteiger partial charge in [0.1, 0.15) is 33.4 Å². The third-order valence-corrected chi connectivity index (χ3v) is 6.58. The van der Waals surface area contributed by atoms with Crippen molar-refractivity contribution in [1.82, 2.24) is 4.57 Å². The fraction of sp³-hybridized carbons (Fsp3) is 0.400. The van der Waals surface area contributed by atoms with Gasteiger partial charge in [0.15, 0.2) is 5.75 Å². The first-order chi connectivity index (χ1) is 18.7. The number of aliphatic imine (C=N–C) groups is 1. The largest absolute Gasteiger partial charge is 0.492 e. The van der Waals surface area contributed by atoms with Gasteiger partial charge in [0.05, 0.1) is 23.8 Å². The van der Waals surface area contributed by atoms with Crippen LogP contribution in [0, 0.1) is 0 Å². The van der Waals surface area contributed by atoms with E-state index in [4.69, 9.17) is 21.1 Å². The number of carbonyl (C=O) groups is 1. The van der Waals surface area contributed by atoms with Crippen LogP contribution in [0.5, 0.6) is 5.75 Å². The molecule has 1 aromatic carbocycles. The molecule has 1 amide bonds. The minimum atomic E-state index is -1.33. The second-order valence-electron chi connectivity index (χ2n) is 10.2. The summed E-state index contributed by atoms with van der Waals surface area (Å²) in [5.41, 5.74) is 2.18. The van der Waals surface area contributed by atoms with E-state index < -0.39 is 11.0 Å². The van der Waals surface area contributed by atoms with Crippen LogP contribution < -0.4 is 25.3 Å². The van der Waals surface area contributed by atoms with Crippen molar-refractivity contribution in [3.8, 4) is 5.75 Å². The van der Waals surface area contributed by atoms with E-state index in [0.29, 0.717) is 40.8 Å². The smallest absolute Gasteiger partial charge is 0.272 e. The quantitative estimate of drug-likeness (QED) is 0.200. The van der Waals surface area contributed by atoms with Gasteiger partial charge >= 0.3 is 0 Å². The molecule has 0 bridgehead atoms. The Kier molecular flexibility index (Phi) is 11.8. The Hall–Kier alpha value is -3.30. The molecule has 2 aromatic rings. The van der Waals surface area contributed by atoms with Crippen molar-refractivity contribution < 1.29 is 18.5 Å². The number of aromatic nitrogens is 1. The Morgan fingerprint density at radius 1 is 1.23 bits per heavy atom. The number of allylic oxidation sites excluding steroid dienone is 2. The Morgan fingerprint density at radius 3 is 2.40 bits per heavy atom. The molecule has 2 N–H and O–H groups in total. The predicted octanol–water partition coefficient (Wildman–Crippen LogP) is 5.70. The number of nitrogens with one attached hydrogen (secondary N) is 2. The molecule has 40 heavy (non-hydrogen) atoms. The molecule has 0 aliphatic rings. The third kappa shape index (κ3) is 8.60. The van der Waals surface area contributed by atoms with Crippen molar-refractivity contribution in [3.63, 3.8) is 0 Å². The molecule has 1 heterocycles. The zero-order valence-corrected chi connectivity index (χ0v) is 26.5. The Labute approximate surface area is 245 Å². The van der Waals surface area contributed by atoms with Crippen LogP contribution in [0.2, 0.25) is 0 Å². The molecule has 8 nitrogen and oxygen atoms in total. The van der Waals surface area contributed by atoms with Crippen molar-refractivity contribution >= 4 is 57.9 Å². The summed E-state index contributed by atoms with van der Waals surface area (Å²) in [6.07, 6.45) is 8.20. The highest BCUT2D eigenvalue weighted by molar-refractivity contribution is 7.85. The van der Waals surface area contributed by atoms with E-state index in [-0.39, 0.29) is 16.5 Å². The number of halogens is 1. The van der Waals surface area contributed by atoms with Gasteiger partial charge in [0.2, 0.25) is 0 Å². The lowest BCUT2D eigenvalue weighted by molar-refractivity contribution is 0.101. The van der Waals surface area contributed by atoms with Gasteiger partial charge in [-0.3, -0.25) is 4.79 Å². The summed E-state index contributed by atoms with van der Waals surface area (Å²) in [4.78, 5) is 17.7. The van der Waals surface area contributed by atoms with Gasteiger partial charge in [0.25, 0.3) is 5.91 Å². The van der Waals surface area contributed by atoms with Gasteiger partial charge in [-0.1, -0.05) is 58.9 Å². The topological polar surface area (TPSA) is 93.9 Å². The number of ether oxygens (including phenoxy) is 2. The average Bonchev–Trinajstić information content (AvgIpc) is 3.17. The fourth-order valence-electron chi connectivity index (χ4n) is 4.10. The molecule has 0 fully saturated rings. The van der Waals surface area contributed by atoms with Gasteiger partial charge in [-0.05, 0) is 53.8 Å². The molecule has 0 saturated heterocycles. The molecular formula is C30H41ClN4O4S. The van der Waals surface area contributed by atoms with Gasteiger partial charge in [-0.15, -0.1) is 0 Å². The maximum atomic E-state index is 13.7. The predicted molar refractivity (Wildman–Crippen MR) is 169 cm³/mol. The number of hydrogen-bond donors (Lipinski definition) is 2. The Bertz CT molecular complexity index is 1470. The number of carbonyl (C=O) groups excluding carboxylic acids is 1. The van der Waals surface area contributed by atoms with E-state index in [2.05, 4.69) is 48.5 Å². The van der Waals surface area contributed by atoms with Crippen LogP contribution in [0.15, 0.2) is 46.8 Å². The molecule has 0 aliphatic carbocycles. The molecule has 0 aliphatic heterocycles. The molecule has 1 atom stereocenters. The average molecular weight is 589 g/mol. The van der Waals surface area contributed by atoms with Gasteiger partial charge in [0, 0.05) is 25.9 Å². The van der Waals surface area contributed by atoms with E-state index >= 15 is 0 Å². The highest BCUT2D eigenvalue weighted by atomic mass is 35.5. The van der Waals surface area contributed by atoms with Crippen LogP contribution in [-0.2, 0) is 28.2 Å². The molecule has 0 radical (unpaired) electrons. The van der Waals surface area contributed by atoms with Gasteiger partial charge < -0.3 is 24.1 Å². The lowest BCUT2D eigenvalue weighted by Gasteiger charge is -2.23. The first-order valence-electron chi connectivity index (χ1n) is 13.0. The number of benzene rings is 1. The number of amides is 1. The van der Waals surface area contributed by atoms with Gasteiger partial charge in [-0.25, -0.2) is 9.20 Å². The maximum Gasteiger partial charge on any atom is 0.272 e. The lowest BCUT2D eigenvalue weighted by atomic mass is 9.86. The van der Waals surface area contributed by atoms with E-state index in [9.17, 15) is 9.00 Å². The number of rotatable bonds is 11. The van der Waals surface area contributed by atoms with Crippen molar-refractivity contribution in [2.45, 2.75) is 59.8 Å². The molecule has 0 saturated carbocycles. The summed E-state index contributed by atoms with van der Waals surface area (Å²) in [7, 11) is 2.02. The summed E-state index contributed by atoms with van der Waals surface area (Å²) in [5, 5.41) is 4.90. The number of methoxy groups -OCH3 is 1. The molecule has 10 heteroatoms. The summed E-state index contributed by atoms with van der Waals surface area (Å²) < 4.78 is 28.6. The van der Waals surface area contributed by atoms with Crippen LogP contribution in [0.25, 0.3) is 11.8 Å². The van der Waals surface area contributed by atoms with Gasteiger partial charge in [-0.2, -0.15) is 0 Å². The molecule has 1 unspecified atom stereocenters. The molecule has 0 spiro atoms. The molecule has 1 aromatic heterocycles. The Balaban J connectivity index is 2.67. The fourth-order valence-corrected chi connectivity index (χ4v) is 4.62. The lowest BCUT2D eigenvalue weighted by Crippen LogP contribution is -2.32. The maximum absolute atomic E-state index is 13.7. The van der Waals surface area contributed by atoms with Crippen molar-refractivity contribution in [1.29, 1.82) is 0 Å².